The lowest BCUT2D eigenvalue weighted by Gasteiger charge is -2.32. The first-order valence-corrected chi connectivity index (χ1v) is 4.95. The minimum atomic E-state index is -0.187. The molecule has 1 aliphatic carbocycles. The molecule has 0 aromatic carbocycles. The molecule has 0 aromatic rings. The molecule has 4 nitrogen and oxygen atoms in total. The highest BCUT2D eigenvalue weighted by Gasteiger charge is 2.31. The van der Waals surface area contributed by atoms with Crippen molar-refractivity contribution < 1.29 is 9.90 Å². The number of carbonyl (C=O) groups excluding carboxylic acids is 1. The highest BCUT2D eigenvalue weighted by atomic mass is 16.3. The van der Waals surface area contributed by atoms with Crippen LogP contribution in [0.4, 0.5) is 0 Å². The van der Waals surface area contributed by atoms with E-state index in [2.05, 4.69) is 5.32 Å². The molecule has 0 unspecified atom stereocenters. The van der Waals surface area contributed by atoms with E-state index in [-0.39, 0.29) is 12.0 Å². The molecule has 1 heterocycles. The first-order valence-electron chi connectivity index (χ1n) is 4.95. The number of piperazine rings is 1. The summed E-state index contributed by atoms with van der Waals surface area (Å²) in [6.07, 6.45) is 2.40. The van der Waals surface area contributed by atoms with Crippen molar-refractivity contribution in [1.82, 2.24) is 10.2 Å². The van der Waals surface area contributed by atoms with Gasteiger partial charge in [0.05, 0.1) is 12.6 Å². The zero-order valence-electron chi connectivity index (χ0n) is 7.70. The lowest BCUT2D eigenvalue weighted by molar-refractivity contribution is -0.134. The molecule has 74 valence electrons. The summed E-state index contributed by atoms with van der Waals surface area (Å²) in [6, 6.07) is 0.296. The number of rotatable bonds is 1. The third kappa shape index (κ3) is 1.84. The molecule has 0 aromatic heterocycles. The summed E-state index contributed by atoms with van der Waals surface area (Å²) in [4.78, 5) is 13.4. The van der Waals surface area contributed by atoms with Crippen LogP contribution in [0, 0.1) is 0 Å². The molecule has 1 amide bonds. The van der Waals surface area contributed by atoms with Crippen molar-refractivity contribution in [3.63, 3.8) is 0 Å². The molecule has 2 fully saturated rings. The number of nitrogens with one attached hydrogen (secondary N) is 1. The molecule has 2 aliphatic rings. The van der Waals surface area contributed by atoms with E-state index in [1.807, 2.05) is 4.90 Å². The maximum atomic E-state index is 11.5. The minimum Gasteiger partial charge on any atom is -0.393 e. The van der Waals surface area contributed by atoms with Gasteiger partial charge in [-0.2, -0.15) is 0 Å². The Kier molecular flexibility index (Phi) is 2.51. The highest BCUT2D eigenvalue weighted by Crippen LogP contribution is 2.24. The van der Waals surface area contributed by atoms with E-state index in [0.29, 0.717) is 12.6 Å². The predicted molar refractivity (Wildman–Crippen MR) is 48.2 cm³/mol. The van der Waals surface area contributed by atoms with Crippen molar-refractivity contribution in [1.29, 1.82) is 0 Å². The van der Waals surface area contributed by atoms with Gasteiger partial charge in [0.2, 0.25) is 5.91 Å². The van der Waals surface area contributed by atoms with Gasteiger partial charge in [0.25, 0.3) is 0 Å². The number of hydrogen-bond acceptors (Lipinski definition) is 3. The molecule has 13 heavy (non-hydrogen) atoms. The van der Waals surface area contributed by atoms with E-state index in [1.54, 1.807) is 0 Å². The number of amides is 1. The lowest BCUT2D eigenvalue weighted by Crippen LogP contribution is -2.51. The Morgan fingerprint density at radius 1 is 1.46 bits per heavy atom. The Morgan fingerprint density at radius 3 is 2.92 bits per heavy atom. The van der Waals surface area contributed by atoms with Crippen LogP contribution in [0.25, 0.3) is 0 Å². The van der Waals surface area contributed by atoms with Gasteiger partial charge in [-0.05, 0) is 19.3 Å². The maximum Gasteiger partial charge on any atom is 0.236 e. The van der Waals surface area contributed by atoms with Gasteiger partial charge in [-0.1, -0.05) is 0 Å². The monoisotopic (exact) mass is 184 g/mol. The second-order valence-corrected chi connectivity index (χ2v) is 3.88. The number of hydrogen-bond donors (Lipinski definition) is 2. The van der Waals surface area contributed by atoms with Gasteiger partial charge in [-0.15, -0.1) is 0 Å². The molecule has 4 heteroatoms. The molecule has 1 aliphatic heterocycles. The second-order valence-electron chi connectivity index (χ2n) is 3.88. The molecule has 0 radical (unpaired) electrons. The summed E-state index contributed by atoms with van der Waals surface area (Å²) < 4.78 is 0. The van der Waals surface area contributed by atoms with Gasteiger partial charge in [-0.25, -0.2) is 0 Å². The average Bonchev–Trinajstić information content (AvgIpc) is 2.53. The van der Waals surface area contributed by atoms with E-state index in [4.69, 9.17) is 0 Å². The second kappa shape index (κ2) is 3.64. The molecule has 0 bridgehead atoms. The highest BCUT2D eigenvalue weighted by molar-refractivity contribution is 5.79. The van der Waals surface area contributed by atoms with E-state index >= 15 is 0 Å². The summed E-state index contributed by atoms with van der Waals surface area (Å²) in [5, 5.41) is 12.4. The van der Waals surface area contributed by atoms with E-state index in [1.165, 1.54) is 0 Å². The lowest BCUT2D eigenvalue weighted by atomic mass is 10.2. The van der Waals surface area contributed by atoms with Crippen LogP contribution in [0.3, 0.4) is 0 Å². The molecule has 2 rings (SSSR count). The summed E-state index contributed by atoms with van der Waals surface area (Å²) in [7, 11) is 0. The molecular weight excluding hydrogens is 168 g/mol. The van der Waals surface area contributed by atoms with Crippen LogP contribution >= 0.6 is 0 Å². The summed E-state index contributed by atoms with van der Waals surface area (Å²) in [6.45, 7) is 2.15. The topological polar surface area (TPSA) is 52.6 Å². The van der Waals surface area contributed by atoms with E-state index < -0.39 is 0 Å². The SMILES string of the molecule is O=C1CNCCN1[C@@H]1CC[C@@H](O)C1. The van der Waals surface area contributed by atoms with Crippen LogP contribution < -0.4 is 5.32 Å². The van der Waals surface area contributed by atoms with Crippen LogP contribution in [0.15, 0.2) is 0 Å². The van der Waals surface area contributed by atoms with Gasteiger partial charge in [0.1, 0.15) is 0 Å². The Hall–Kier alpha value is -0.610. The molecule has 1 saturated heterocycles. The van der Waals surface area contributed by atoms with Gasteiger partial charge < -0.3 is 15.3 Å². The van der Waals surface area contributed by atoms with E-state index in [9.17, 15) is 9.90 Å². The number of aliphatic hydroxyl groups is 1. The van der Waals surface area contributed by atoms with Gasteiger partial charge >= 0.3 is 0 Å². The van der Waals surface area contributed by atoms with Crippen molar-refractivity contribution in [2.24, 2.45) is 0 Å². The van der Waals surface area contributed by atoms with Crippen LogP contribution in [0.2, 0.25) is 0 Å². The first kappa shape index (κ1) is 8.97. The van der Waals surface area contributed by atoms with Crippen molar-refractivity contribution in [2.45, 2.75) is 31.4 Å². The molecule has 0 spiro atoms. The number of carbonyl (C=O) groups is 1. The summed E-state index contributed by atoms with van der Waals surface area (Å²) in [5.74, 6) is 0.186. The average molecular weight is 184 g/mol. The third-order valence-electron chi connectivity index (χ3n) is 2.94. The Bertz CT molecular complexity index is 208. The molecule has 2 atom stereocenters. The predicted octanol–water partition coefficient (Wildman–Crippen LogP) is -0.668. The standard InChI is InChI=1S/C9H16N2O2/c12-8-2-1-7(5-8)11-4-3-10-6-9(11)13/h7-8,10,12H,1-6H2/t7-,8-/m1/s1. The largest absolute Gasteiger partial charge is 0.393 e. The van der Waals surface area contributed by atoms with E-state index in [0.717, 1.165) is 32.4 Å². The van der Waals surface area contributed by atoms with Crippen molar-refractivity contribution in [3.8, 4) is 0 Å². The Labute approximate surface area is 77.9 Å². The van der Waals surface area contributed by atoms with Crippen molar-refractivity contribution in [3.05, 3.63) is 0 Å². The fourth-order valence-electron chi connectivity index (χ4n) is 2.22. The third-order valence-corrected chi connectivity index (χ3v) is 2.94. The quantitative estimate of drug-likeness (QED) is 0.568. The van der Waals surface area contributed by atoms with Crippen LogP contribution in [-0.4, -0.2) is 47.7 Å². The van der Waals surface area contributed by atoms with Crippen LogP contribution in [0.5, 0.6) is 0 Å². The fraction of sp³-hybridized carbons (Fsp3) is 0.889. The van der Waals surface area contributed by atoms with Crippen LogP contribution in [0.1, 0.15) is 19.3 Å². The Balaban J connectivity index is 1.95. The summed E-state index contributed by atoms with van der Waals surface area (Å²) in [5.41, 5.74) is 0. The first-order chi connectivity index (χ1) is 6.27. The van der Waals surface area contributed by atoms with Gasteiger partial charge in [-0.3, -0.25) is 4.79 Å². The molecule has 2 N–H and O–H groups in total. The van der Waals surface area contributed by atoms with Crippen molar-refractivity contribution in [2.75, 3.05) is 19.6 Å². The smallest absolute Gasteiger partial charge is 0.236 e. The van der Waals surface area contributed by atoms with Gasteiger partial charge in [0.15, 0.2) is 0 Å². The zero-order valence-corrected chi connectivity index (χ0v) is 7.70. The minimum absolute atomic E-state index is 0.186. The van der Waals surface area contributed by atoms with Crippen LogP contribution in [-0.2, 0) is 4.79 Å². The number of nitrogens with zero attached hydrogens (tertiary/aromatic N) is 1. The fourth-order valence-corrected chi connectivity index (χ4v) is 2.22. The van der Waals surface area contributed by atoms with Crippen molar-refractivity contribution >= 4 is 5.91 Å². The number of aliphatic hydroxyl groups excluding tert-OH is 1. The van der Waals surface area contributed by atoms with Gasteiger partial charge in [0, 0.05) is 19.1 Å². The molecule has 1 saturated carbocycles. The summed E-state index contributed by atoms with van der Waals surface area (Å²) >= 11 is 0. The zero-order chi connectivity index (χ0) is 9.26. The maximum absolute atomic E-state index is 11.5. The normalized spacial score (nSPS) is 35.5. The Morgan fingerprint density at radius 2 is 2.31 bits per heavy atom. The molecular formula is C9H16N2O2.